The van der Waals surface area contributed by atoms with Crippen LogP contribution in [0.1, 0.15) is 81.1 Å². The van der Waals surface area contributed by atoms with E-state index in [2.05, 4.69) is 6.92 Å². The minimum absolute atomic E-state index is 0.00716. The maximum atomic E-state index is 14.5. The quantitative estimate of drug-likeness (QED) is 0.413. The third kappa shape index (κ3) is 5.92. The third-order valence-electron chi connectivity index (χ3n) is 5.18. The van der Waals surface area contributed by atoms with E-state index in [-0.39, 0.29) is 5.56 Å². The van der Waals surface area contributed by atoms with Crippen molar-refractivity contribution in [2.75, 3.05) is 0 Å². The van der Waals surface area contributed by atoms with Crippen LogP contribution in [0.25, 0.3) is 0 Å². The van der Waals surface area contributed by atoms with E-state index in [1.807, 2.05) is 26.0 Å². The Bertz CT molecular complexity index is 704. The molecule has 0 radical (unpaired) electrons. The standard InChI is InChI=1S/C22H25FO2.C2H6/c1-2-6-16-9-11-17(12-10-16)18-13-14-20(21(23)15-18)22(24)25-19-7-4-3-5-8-19;1-2/h3-5,7-8,13-17H,2,6,9-12H2,1H3;1-2H3. The second kappa shape index (κ2) is 10.9. The van der Waals surface area contributed by atoms with Gasteiger partial charge in [-0.15, -0.1) is 0 Å². The molecular weight excluding hydrogens is 339 g/mol. The van der Waals surface area contributed by atoms with Crippen molar-refractivity contribution in [3.05, 3.63) is 65.5 Å². The van der Waals surface area contributed by atoms with Crippen molar-refractivity contribution in [2.24, 2.45) is 5.92 Å². The van der Waals surface area contributed by atoms with E-state index < -0.39 is 11.8 Å². The van der Waals surface area contributed by atoms with Gasteiger partial charge in [0.05, 0.1) is 5.56 Å². The fourth-order valence-electron chi connectivity index (χ4n) is 3.79. The van der Waals surface area contributed by atoms with E-state index in [4.69, 9.17) is 4.74 Å². The fourth-order valence-corrected chi connectivity index (χ4v) is 3.79. The van der Waals surface area contributed by atoms with Crippen LogP contribution in [0.2, 0.25) is 0 Å². The van der Waals surface area contributed by atoms with Gasteiger partial charge in [0.25, 0.3) is 0 Å². The molecule has 0 saturated heterocycles. The minimum atomic E-state index is -0.651. The molecule has 1 aliphatic rings. The van der Waals surface area contributed by atoms with Crippen LogP contribution in [0, 0.1) is 11.7 Å². The average molecular weight is 371 g/mol. The Labute approximate surface area is 162 Å². The molecule has 0 N–H and O–H groups in total. The number of halogens is 1. The summed E-state index contributed by atoms with van der Waals surface area (Å²) in [6, 6.07) is 13.7. The van der Waals surface area contributed by atoms with Crippen molar-refractivity contribution in [1.82, 2.24) is 0 Å². The summed E-state index contributed by atoms with van der Waals surface area (Å²) < 4.78 is 19.7. The first-order valence-electron chi connectivity index (χ1n) is 10.2. The first-order chi connectivity index (χ1) is 13.2. The lowest BCUT2D eigenvalue weighted by Crippen LogP contribution is -2.15. The summed E-state index contributed by atoms with van der Waals surface area (Å²) in [6.07, 6.45) is 7.19. The highest BCUT2D eigenvalue weighted by atomic mass is 19.1. The number of hydrogen-bond donors (Lipinski definition) is 0. The Hall–Kier alpha value is -2.16. The predicted molar refractivity (Wildman–Crippen MR) is 109 cm³/mol. The molecule has 1 aliphatic carbocycles. The van der Waals surface area contributed by atoms with Gasteiger partial charge in [-0.3, -0.25) is 0 Å². The molecule has 0 bridgehead atoms. The van der Waals surface area contributed by atoms with E-state index in [1.54, 1.807) is 30.3 Å². The molecule has 3 rings (SSSR count). The highest BCUT2D eigenvalue weighted by molar-refractivity contribution is 5.91. The van der Waals surface area contributed by atoms with Crippen molar-refractivity contribution >= 4 is 5.97 Å². The first kappa shape index (κ1) is 21.1. The van der Waals surface area contributed by atoms with E-state index in [9.17, 15) is 9.18 Å². The molecular formula is C24H31FO2. The number of rotatable bonds is 5. The normalized spacial score (nSPS) is 19.0. The number of hydrogen-bond acceptors (Lipinski definition) is 2. The van der Waals surface area contributed by atoms with Crippen LogP contribution in [-0.4, -0.2) is 5.97 Å². The van der Waals surface area contributed by atoms with Crippen LogP contribution in [0.15, 0.2) is 48.5 Å². The first-order valence-corrected chi connectivity index (χ1v) is 10.2. The van der Waals surface area contributed by atoms with Gasteiger partial charge in [0.2, 0.25) is 0 Å². The molecule has 0 atom stereocenters. The van der Waals surface area contributed by atoms with Gasteiger partial charge in [-0.2, -0.15) is 0 Å². The predicted octanol–water partition coefficient (Wildman–Crippen LogP) is 7.15. The molecule has 0 aliphatic heterocycles. The zero-order valence-electron chi connectivity index (χ0n) is 16.7. The fraction of sp³-hybridized carbons (Fsp3) is 0.458. The largest absolute Gasteiger partial charge is 0.423 e. The van der Waals surface area contributed by atoms with Crippen molar-refractivity contribution < 1.29 is 13.9 Å². The van der Waals surface area contributed by atoms with Crippen LogP contribution in [-0.2, 0) is 0 Å². The molecule has 2 aromatic carbocycles. The summed E-state index contributed by atoms with van der Waals surface area (Å²) in [5.41, 5.74) is 0.996. The molecule has 1 fully saturated rings. The zero-order chi connectivity index (χ0) is 19.6. The molecule has 2 nitrogen and oxygen atoms in total. The molecule has 0 aromatic heterocycles. The molecule has 0 heterocycles. The van der Waals surface area contributed by atoms with Crippen molar-refractivity contribution in [2.45, 2.75) is 65.2 Å². The topological polar surface area (TPSA) is 26.3 Å². The molecule has 3 heteroatoms. The van der Waals surface area contributed by atoms with E-state index >= 15 is 0 Å². The van der Waals surface area contributed by atoms with Crippen LogP contribution >= 0.6 is 0 Å². The number of benzene rings is 2. The molecule has 27 heavy (non-hydrogen) atoms. The lowest BCUT2D eigenvalue weighted by atomic mass is 9.77. The number of ether oxygens (including phenoxy) is 1. The molecule has 146 valence electrons. The number of carbonyl (C=O) groups is 1. The number of esters is 1. The van der Waals surface area contributed by atoms with Crippen LogP contribution in [0.3, 0.4) is 0 Å². The average Bonchev–Trinajstić information content (AvgIpc) is 2.71. The summed E-state index contributed by atoms with van der Waals surface area (Å²) in [4.78, 5) is 12.2. The molecule has 0 amide bonds. The highest BCUT2D eigenvalue weighted by Gasteiger charge is 2.23. The summed E-state index contributed by atoms with van der Waals surface area (Å²) in [6.45, 7) is 6.23. The van der Waals surface area contributed by atoms with Gasteiger partial charge in [0.15, 0.2) is 0 Å². The summed E-state index contributed by atoms with van der Waals surface area (Å²) in [5, 5.41) is 0. The summed E-state index contributed by atoms with van der Waals surface area (Å²) in [7, 11) is 0. The lowest BCUT2D eigenvalue weighted by molar-refractivity contribution is 0.0730. The maximum Gasteiger partial charge on any atom is 0.346 e. The number of para-hydroxylation sites is 1. The second-order valence-corrected chi connectivity index (χ2v) is 6.95. The number of carbonyl (C=O) groups excluding carboxylic acids is 1. The maximum absolute atomic E-state index is 14.5. The van der Waals surface area contributed by atoms with Gasteiger partial charge < -0.3 is 4.74 Å². The van der Waals surface area contributed by atoms with Crippen LogP contribution in [0.5, 0.6) is 5.75 Å². The van der Waals surface area contributed by atoms with Gasteiger partial charge in [-0.25, -0.2) is 9.18 Å². The van der Waals surface area contributed by atoms with Crippen LogP contribution in [0.4, 0.5) is 4.39 Å². The summed E-state index contributed by atoms with van der Waals surface area (Å²) in [5.74, 6) is 0.509. The van der Waals surface area contributed by atoms with Crippen molar-refractivity contribution in [1.29, 1.82) is 0 Å². The van der Waals surface area contributed by atoms with E-state index in [1.165, 1.54) is 31.7 Å². The Kier molecular flexibility index (Phi) is 8.50. The Balaban J connectivity index is 0.00000126. The monoisotopic (exact) mass is 370 g/mol. The van der Waals surface area contributed by atoms with Gasteiger partial charge in [0.1, 0.15) is 11.6 Å². The highest BCUT2D eigenvalue weighted by Crippen LogP contribution is 2.37. The summed E-state index contributed by atoms with van der Waals surface area (Å²) >= 11 is 0. The van der Waals surface area contributed by atoms with Gasteiger partial charge in [-0.1, -0.05) is 57.9 Å². The van der Waals surface area contributed by atoms with Crippen molar-refractivity contribution in [3.63, 3.8) is 0 Å². The molecule has 2 aromatic rings. The minimum Gasteiger partial charge on any atom is -0.423 e. The Morgan fingerprint density at radius 1 is 1.04 bits per heavy atom. The van der Waals surface area contributed by atoms with Gasteiger partial charge in [0, 0.05) is 0 Å². The molecule has 0 spiro atoms. The smallest absolute Gasteiger partial charge is 0.346 e. The van der Waals surface area contributed by atoms with Gasteiger partial charge in [-0.05, 0) is 67.3 Å². The zero-order valence-corrected chi connectivity index (χ0v) is 16.7. The molecule has 0 unspecified atom stereocenters. The lowest BCUT2D eigenvalue weighted by Gasteiger charge is -2.28. The van der Waals surface area contributed by atoms with Crippen LogP contribution < -0.4 is 4.74 Å². The second-order valence-electron chi connectivity index (χ2n) is 6.95. The van der Waals surface area contributed by atoms with E-state index in [0.29, 0.717) is 11.7 Å². The van der Waals surface area contributed by atoms with Gasteiger partial charge >= 0.3 is 5.97 Å². The SMILES string of the molecule is CC.CCCC1CCC(c2ccc(C(=O)Oc3ccccc3)c(F)c2)CC1. The Morgan fingerprint density at radius 2 is 1.70 bits per heavy atom. The van der Waals surface area contributed by atoms with E-state index in [0.717, 1.165) is 24.3 Å². The molecule has 1 saturated carbocycles. The Morgan fingerprint density at radius 3 is 2.30 bits per heavy atom. The third-order valence-corrected chi connectivity index (χ3v) is 5.18. The van der Waals surface area contributed by atoms with Crippen molar-refractivity contribution in [3.8, 4) is 5.75 Å².